The van der Waals surface area contributed by atoms with Crippen molar-refractivity contribution in [2.24, 2.45) is 5.92 Å². The van der Waals surface area contributed by atoms with E-state index in [4.69, 9.17) is 4.74 Å². The Morgan fingerprint density at radius 3 is 2.55 bits per heavy atom. The summed E-state index contributed by atoms with van der Waals surface area (Å²) in [5.41, 5.74) is 0.888. The molecule has 1 aromatic rings. The number of piperidine rings is 1. The molecule has 0 amide bonds. The first-order valence-electron chi connectivity index (χ1n) is 7.19. The van der Waals surface area contributed by atoms with Crippen LogP contribution in [0.2, 0.25) is 0 Å². The lowest BCUT2D eigenvalue weighted by Crippen LogP contribution is -2.39. The lowest BCUT2D eigenvalue weighted by atomic mass is 9.94. The topological polar surface area (TPSA) is 49.8 Å². The number of carbonyl (C=O) groups is 1. The van der Waals surface area contributed by atoms with Gasteiger partial charge in [-0.25, -0.2) is 0 Å². The summed E-state index contributed by atoms with van der Waals surface area (Å²) >= 11 is 0. The van der Waals surface area contributed by atoms with E-state index in [2.05, 4.69) is 4.90 Å². The van der Waals surface area contributed by atoms with Gasteiger partial charge < -0.3 is 14.7 Å². The average molecular weight is 277 g/mol. The predicted molar refractivity (Wildman–Crippen MR) is 77.9 cm³/mol. The second kappa shape index (κ2) is 7.41. The maximum absolute atomic E-state index is 11.5. The molecule has 1 N–H and O–H groups in total. The molecule has 4 nitrogen and oxygen atoms in total. The van der Waals surface area contributed by atoms with E-state index in [-0.39, 0.29) is 0 Å². The van der Waals surface area contributed by atoms with Crippen LogP contribution in [0.3, 0.4) is 0 Å². The third kappa shape index (κ3) is 4.05. The van der Waals surface area contributed by atoms with Crippen LogP contribution in [0.5, 0.6) is 0 Å². The summed E-state index contributed by atoms with van der Waals surface area (Å²) in [6, 6.07) is 9.51. The molecule has 0 aliphatic carbocycles. The third-order valence-electron chi connectivity index (χ3n) is 4.05. The van der Waals surface area contributed by atoms with Crippen molar-refractivity contribution in [3.63, 3.8) is 0 Å². The molecule has 4 heteroatoms. The maximum Gasteiger partial charge on any atom is 0.312 e. The van der Waals surface area contributed by atoms with Gasteiger partial charge in [-0.3, -0.25) is 4.79 Å². The highest BCUT2D eigenvalue weighted by atomic mass is 16.5. The fraction of sp³-hybridized carbons (Fsp3) is 0.562. The summed E-state index contributed by atoms with van der Waals surface area (Å²) < 4.78 is 5.19. The van der Waals surface area contributed by atoms with E-state index in [1.165, 1.54) is 0 Å². The second-order valence-electron chi connectivity index (χ2n) is 5.50. The zero-order chi connectivity index (χ0) is 14.4. The molecule has 0 spiro atoms. The third-order valence-corrected chi connectivity index (χ3v) is 4.05. The molecule has 0 aromatic heterocycles. The lowest BCUT2D eigenvalue weighted by molar-refractivity contribution is -0.139. The number of methoxy groups -OCH3 is 1. The van der Waals surface area contributed by atoms with Gasteiger partial charge in [0.05, 0.1) is 5.92 Å². The largest absolute Gasteiger partial charge is 0.481 e. The van der Waals surface area contributed by atoms with Crippen LogP contribution in [-0.2, 0) is 9.53 Å². The molecule has 1 saturated heterocycles. The molecule has 0 radical (unpaired) electrons. The number of hydrogen-bond acceptors (Lipinski definition) is 3. The number of nitrogens with zero attached hydrogens (tertiary/aromatic N) is 1. The van der Waals surface area contributed by atoms with Crippen molar-refractivity contribution in [3.05, 3.63) is 35.9 Å². The van der Waals surface area contributed by atoms with E-state index in [1.807, 2.05) is 30.3 Å². The standard InChI is InChI=1S/C16H23NO3/c1-20-12-13-7-9-17(10-8-13)11-15(16(18)19)14-5-3-2-4-6-14/h2-6,13,15H,7-12H2,1H3,(H,18,19). The Balaban J connectivity index is 1.92. The van der Waals surface area contributed by atoms with Crippen LogP contribution in [0.25, 0.3) is 0 Å². The smallest absolute Gasteiger partial charge is 0.312 e. The number of hydrogen-bond donors (Lipinski definition) is 1. The van der Waals surface area contributed by atoms with E-state index >= 15 is 0 Å². The molecule has 2 rings (SSSR count). The van der Waals surface area contributed by atoms with Crippen molar-refractivity contribution in [3.8, 4) is 0 Å². The molecule has 1 aliphatic rings. The van der Waals surface area contributed by atoms with E-state index in [9.17, 15) is 9.90 Å². The molecule has 20 heavy (non-hydrogen) atoms. The van der Waals surface area contributed by atoms with Crippen molar-refractivity contribution in [1.29, 1.82) is 0 Å². The van der Waals surface area contributed by atoms with Crippen LogP contribution in [0.15, 0.2) is 30.3 Å². The first-order valence-corrected chi connectivity index (χ1v) is 7.19. The minimum absolute atomic E-state index is 0.435. The Kier molecular flexibility index (Phi) is 5.56. The zero-order valence-corrected chi connectivity index (χ0v) is 12.0. The minimum Gasteiger partial charge on any atom is -0.481 e. The van der Waals surface area contributed by atoms with E-state index in [0.717, 1.165) is 38.1 Å². The molecule has 1 unspecified atom stereocenters. The van der Waals surface area contributed by atoms with Crippen molar-refractivity contribution >= 4 is 5.97 Å². The van der Waals surface area contributed by atoms with E-state index < -0.39 is 11.9 Å². The van der Waals surface area contributed by atoms with Crippen molar-refractivity contribution in [1.82, 2.24) is 4.90 Å². The van der Waals surface area contributed by atoms with Crippen LogP contribution in [0, 0.1) is 5.92 Å². The molecule has 1 heterocycles. The Labute approximate surface area is 120 Å². The predicted octanol–water partition coefficient (Wildman–Crippen LogP) is 2.21. The average Bonchev–Trinajstić information content (AvgIpc) is 2.47. The van der Waals surface area contributed by atoms with E-state index in [1.54, 1.807) is 7.11 Å². The summed E-state index contributed by atoms with van der Waals surface area (Å²) in [4.78, 5) is 13.8. The number of benzene rings is 1. The number of likely N-dealkylation sites (tertiary alicyclic amines) is 1. The molecule has 0 bridgehead atoms. The summed E-state index contributed by atoms with van der Waals surface area (Å²) in [5.74, 6) is -0.554. The van der Waals surface area contributed by atoms with Crippen LogP contribution in [0.1, 0.15) is 24.3 Å². The van der Waals surface area contributed by atoms with E-state index in [0.29, 0.717) is 12.5 Å². The number of carboxylic acid groups (broad SMARTS) is 1. The molecular weight excluding hydrogens is 254 g/mol. The van der Waals surface area contributed by atoms with Crippen molar-refractivity contribution in [2.75, 3.05) is 33.4 Å². The molecule has 0 saturated carbocycles. The van der Waals surface area contributed by atoms with Gasteiger partial charge in [0.15, 0.2) is 0 Å². The number of rotatable bonds is 6. The monoisotopic (exact) mass is 277 g/mol. The Hall–Kier alpha value is -1.39. The van der Waals surface area contributed by atoms with Gasteiger partial charge in [0.25, 0.3) is 0 Å². The van der Waals surface area contributed by atoms with Crippen LogP contribution in [-0.4, -0.2) is 49.3 Å². The molecule has 1 atom stereocenters. The fourth-order valence-corrected chi connectivity index (χ4v) is 2.84. The second-order valence-corrected chi connectivity index (χ2v) is 5.50. The van der Waals surface area contributed by atoms with Gasteiger partial charge in [-0.2, -0.15) is 0 Å². The van der Waals surface area contributed by atoms with Crippen molar-refractivity contribution in [2.45, 2.75) is 18.8 Å². The van der Waals surface area contributed by atoms with Gasteiger partial charge in [0, 0.05) is 20.3 Å². The Morgan fingerprint density at radius 2 is 2.00 bits per heavy atom. The van der Waals surface area contributed by atoms with Gasteiger partial charge in [-0.1, -0.05) is 30.3 Å². The normalized spacial score (nSPS) is 18.9. The summed E-state index contributed by atoms with van der Waals surface area (Å²) in [6.07, 6.45) is 2.18. The quantitative estimate of drug-likeness (QED) is 0.866. The number of carboxylic acids is 1. The van der Waals surface area contributed by atoms with Crippen LogP contribution < -0.4 is 0 Å². The Bertz CT molecular complexity index is 413. The van der Waals surface area contributed by atoms with Gasteiger partial charge >= 0.3 is 5.97 Å². The Morgan fingerprint density at radius 1 is 1.35 bits per heavy atom. The van der Waals surface area contributed by atoms with Gasteiger partial charge in [0.2, 0.25) is 0 Å². The lowest BCUT2D eigenvalue weighted by Gasteiger charge is -2.33. The summed E-state index contributed by atoms with van der Waals surface area (Å²) in [6.45, 7) is 3.34. The number of ether oxygens (including phenoxy) is 1. The highest BCUT2D eigenvalue weighted by Gasteiger charge is 2.26. The number of aliphatic carboxylic acids is 1. The van der Waals surface area contributed by atoms with Crippen LogP contribution in [0.4, 0.5) is 0 Å². The maximum atomic E-state index is 11.5. The summed E-state index contributed by atoms with van der Waals surface area (Å²) in [7, 11) is 1.74. The molecular formula is C16H23NO3. The van der Waals surface area contributed by atoms with Crippen molar-refractivity contribution < 1.29 is 14.6 Å². The first-order chi connectivity index (χ1) is 9.70. The first kappa shape index (κ1) is 15.0. The fourth-order valence-electron chi connectivity index (χ4n) is 2.84. The summed E-state index contributed by atoms with van der Waals surface area (Å²) in [5, 5.41) is 9.45. The molecule has 1 aromatic carbocycles. The minimum atomic E-state index is -0.741. The van der Waals surface area contributed by atoms with Gasteiger partial charge in [-0.05, 0) is 37.4 Å². The molecule has 1 aliphatic heterocycles. The van der Waals surface area contributed by atoms with Gasteiger partial charge in [-0.15, -0.1) is 0 Å². The highest BCUT2D eigenvalue weighted by Crippen LogP contribution is 2.22. The zero-order valence-electron chi connectivity index (χ0n) is 12.0. The van der Waals surface area contributed by atoms with Crippen LogP contribution >= 0.6 is 0 Å². The van der Waals surface area contributed by atoms with Gasteiger partial charge in [0.1, 0.15) is 0 Å². The molecule has 1 fully saturated rings. The molecule has 110 valence electrons. The SMILES string of the molecule is COCC1CCN(CC(C(=O)O)c2ccccc2)CC1. The highest BCUT2D eigenvalue weighted by molar-refractivity contribution is 5.76.